The third-order valence-electron chi connectivity index (χ3n) is 2.73. The van der Waals surface area contributed by atoms with Crippen molar-refractivity contribution in [2.45, 2.75) is 20.8 Å². The van der Waals surface area contributed by atoms with Gasteiger partial charge in [0.1, 0.15) is 5.75 Å². The van der Waals surface area contributed by atoms with Crippen molar-refractivity contribution in [1.82, 2.24) is 9.97 Å². The number of ether oxygens (including phenoxy) is 1. The fourth-order valence-corrected chi connectivity index (χ4v) is 1.82. The van der Waals surface area contributed by atoms with Crippen LogP contribution in [-0.4, -0.2) is 9.97 Å². The predicted molar refractivity (Wildman–Crippen MR) is 71.9 cm³/mol. The first kappa shape index (κ1) is 12.8. The van der Waals surface area contributed by atoms with Gasteiger partial charge in [-0.2, -0.15) is 10.2 Å². The molecule has 0 saturated carbocycles. The van der Waals surface area contributed by atoms with E-state index in [1.165, 1.54) is 0 Å². The minimum absolute atomic E-state index is 0.171. The molecular weight excluding hydrogens is 240 g/mol. The highest BCUT2D eigenvalue weighted by atomic mass is 16.5. The van der Waals surface area contributed by atoms with E-state index in [1.807, 2.05) is 20.8 Å². The maximum atomic E-state index is 8.92. The summed E-state index contributed by atoms with van der Waals surface area (Å²) in [7, 11) is 0. The third-order valence-corrected chi connectivity index (χ3v) is 2.73. The summed E-state index contributed by atoms with van der Waals surface area (Å²) in [5, 5.41) is 8.92. The van der Waals surface area contributed by atoms with E-state index in [9.17, 15) is 0 Å². The Kier molecular flexibility index (Phi) is 3.34. The van der Waals surface area contributed by atoms with Crippen molar-refractivity contribution in [3.05, 3.63) is 40.6 Å². The molecule has 1 aromatic heterocycles. The summed E-state index contributed by atoms with van der Waals surface area (Å²) >= 11 is 0. The number of hydrogen-bond acceptors (Lipinski definition) is 5. The molecule has 0 aliphatic heterocycles. The number of rotatable bonds is 2. The molecule has 2 N–H and O–H groups in total. The lowest BCUT2D eigenvalue weighted by molar-refractivity contribution is 0.451. The van der Waals surface area contributed by atoms with Crippen LogP contribution in [0.2, 0.25) is 0 Å². The Hall–Kier alpha value is -2.61. The number of anilines is 1. The van der Waals surface area contributed by atoms with Gasteiger partial charge < -0.3 is 10.5 Å². The summed E-state index contributed by atoms with van der Waals surface area (Å²) in [6.45, 7) is 5.63. The molecule has 0 spiro atoms. The van der Waals surface area contributed by atoms with Gasteiger partial charge in [-0.1, -0.05) is 0 Å². The lowest BCUT2D eigenvalue weighted by atomic mass is 10.1. The Morgan fingerprint density at radius 2 is 1.79 bits per heavy atom. The summed E-state index contributed by atoms with van der Waals surface area (Å²) in [5.74, 6) is 1.30. The smallest absolute Gasteiger partial charge is 0.226 e. The monoisotopic (exact) mass is 254 g/mol. The molecule has 2 aromatic rings. The number of aryl methyl sites for hydroxylation is 3. The molecule has 1 aromatic carbocycles. The highest BCUT2D eigenvalue weighted by Gasteiger charge is 2.11. The number of hydrogen-bond donors (Lipinski definition) is 1. The van der Waals surface area contributed by atoms with Crippen LogP contribution in [0, 0.1) is 32.1 Å². The average molecular weight is 254 g/mol. The fraction of sp³-hybridized carbons (Fsp3) is 0.214. The Balaban J connectivity index is 2.44. The van der Waals surface area contributed by atoms with Crippen molar-refractivity contribution in [1.29, 1.82) is 5.26 Å². The summed E-state index contributed by atoms with van der Waals surface area (Å²) in [6.07, 6.45) is 1.62. The van der Waals surface area contributed by atoms with Gasteiger partial charge in [-0.3, -0.25) is 0 Å². The standard InChI is InChI=1S/C14H14N4O/c1-8-4-11(6-15)5-9(2)12(8)19-13-10(3)7-17-14(16)18-13/h4-5,7H,1-3H3,(H2,16,17,18). The van der Waals surface area contributed by atoms with Crippen molar-refractivity contribution >= 4 is 5.95 Å². The molecule has 0 radical (unpaired) electrons. The van der Waals surface area contributed by atoms with Gasteiger partial charge in [-0.15, -0.1) is 0 Å². The van der Waals surface area contributed by atoms with E-state index in [0.717, 1.165) is 16.7 Å². The number of nitrogen functional groups attached to an aromatic ring is 1. The summed E-state index contributed by atoms with van der Waals surface area (Å²) in [4.78, 5) is 7.97. The van der Waals surface area contributed by atoms with Gasteiger partial charge >= 0.3 is 0 Å². The van der Waals surface area contributed by atoms with Crippen LogP contribution >= 0.6 is 0 Å². The van der Waals surface area contributed by atoms with E-state index in [2.05, 4.69) is 16.0 Å². The molecule has 0 aliphatic rings. The Morgan fingerprint density at radius 1 is 1.16 bits per heavy atom. The van der Waals surface area contributed by atoms with E-state index >= 15 is 0 Å². The molecule has 96 valence electrons. The van der Waals surface area contributed by atoms with Crippen molar-refractivity contribution < 1.29 is 4.74 Å². The molecule has 5 nitrogen and oxygen atoms in total. The number of nitrogens with two attached hydrogens (primary N) is 1. The molecule has 5 heteroatoms. The van der Waals surface area contributed by atoms with Gasteiger partial charge in [-0.25, -0.2) is 4.98 Å². The minimum atomic E-state index is 0.171. The summed E-state index contributed by atoms with van der Waals surface area (Å²) in [5.41, 5.74) is 8.74. The van der Waals surface area contributed by atoms with Crippen LogP contribution in [0.5, 0.6) is 11.6 Å². The first-order chi connectivity index (χ1) is 9.01. The molecule has 2 rings (SSSR count). The van der Waals surface area contributed by atoms with E-state index in [-0.39, 0.29) is 5.95 Å². The van der Waals surface area contributed by atoms with Gasteiger partial charge in [-0.05, 0) is 44.0 Å². The van der Waals surface area contributed by atoms with E-state index < -0.39 is 0 Å². The topological polar surface area (TPSA) is 84.8 Å². The lowest BCUT2D eigenvalue weighted by Gasteiger charge is -2.13. The van der Waals surface area contributed by atoms with Crippen molar-refractivity contribution in [2.75, 3.05) is 5.73 Å². The molecule has 0 atom stereocenters. The number of nitrogens with zero attached hydrogens (tertiary/aromatic N) is 3. The summed E-state index contributed by atoms with van der Waals surface area (Å²) in [6, 6.07) is 5.68. The van der Waals surface area contributed by atoms with E-state index in [4.69, 9.17) is 15.7 Å². The van der Waals surface area contributed by atoms with Crippen LogP contribution in [-0.2, 0) is 0 Å². The number of aromatic nitrogens is 2. The van der Waals surface area contributed by atoms with E-state index in [1.54, 1.807) is 18.3 Å². The minimum Gasteiger partial charge on any atom is -0.438 e. The zero-order valence-electron chi connectivity index (χ0n) is 11.1. The normalized spacial score (nSPS) is 10.0. The molecule has 0 fully saturated rings. The Bertz CT molecular complexity index is 651. The Morgan fingerprint density at radius 3 is 2.37 bits per heavy atom. The molecule has 19 heavy (non-hydrogen) atoms. The lowest BCUT2D eigenvalue weighted by Crippen LogP contribution is -2.00. The SMILES string of the molecule is Cc1cnc(N)nc1Oc1c(C)cc(C#N)cc1C. The van der Waals surface area contributed by atoms with Gasteiger partial charge in [0, 0.05) is 11.8 Å². The average Bonchev–Trinajstić information content (AvgIpc) is 2.37. The second-order valence-corrected chi connectivity index (χ2v) is 4.37. The highest BCUT2D eigenvalue weighted by Crippen LogP contribution is 2.30. The van der Waals surface area contributed by atoms with Crippen molar-refractivity contribution in [3.63, 3.8) is 0 Å². The van der Waals surface area contributed by atoms with Gasteiger partial charge in [0.25, 0.3) is 0 Å². The van der Waals surface area contributed by atoms with Crippen LogP contribution in [0.25, 0.3) is 0 Å². The maximum Gasteiger partial charge on any atom is 0.226 e. The van der Waals surface area contributed by atoms with Crippen LogP contribution in [0.15, 0.2) is 18.3 Å². The quantitative estimate of drug-likeness (QED) is 0.890. The number of benzene rings is 1. The fourth-order valence-electron chi connectivity index (χ4n) is 1.82. The zero-order valence-corrected chi connectivity index (χ0v) is 11.1. The first-order valence-corrected chi connectivity index (χ1v) is 5.79. The molecule has 1 heterocycles. The van der Waals surface area contributed by atoms with E-state index in [0.29, 0.717) is 17.2 Å². The largest absolute Gasteiger partial charge is 0.438 e. The maximum absolute atomic E-state index is 8.92. The second-order valence-electron chi connectivity index (χ2n) is 4.37. The molecule has 0 amide bonds. The first-order valence-electron chi connectivity index (χ1n) is 5.79. The number of nitriles is 1. The second kappa shape index (κ2) is 4.94. The van der Waals surface area contributed by atoms with Gasteiger partial charge in [0.15, 0.2) is 0 Å². The molecule has 0 unspecified atom stereocenters. The van der Waals surface area contributed by atoms with Crippen LogP contribution in [0.3, 0.4) is 0 Å². The predicted octanol–water partition coefficient (Wildman–Crippen LogP) is 2.65. The molecule has 0 bridgehead atoms. The van der Waals surface area contributed by atoms with Crippen LogP contribution < -0.4 is 10.5 Å². The highest BCUT2D eigenvalue weighted by molar-refractivity contribution is 5.49. The van der Waals surface area contributed by atoms with Crippen molar-refractivity contribution in [2.24, 2.45) is 0 Å². The molecular formula is C14H14N4O. The third kappa shape index (κ3) is 2.63. The molecule has 0 aliphatic carbocycles. The zero-order chi connectivity index (χ0) is 14.0. The van der Waals surface area contributed by atoms with Gasteiger partial charge in [0.05, 0.1) is 11.6 Å². The van der Waals surface area contributed by atoms with Crippen molar-refractivity contribution in [3.8, 4) is 17.7 Å². The van der Waals surface area contributed by atoms with Crippen LogP contribution in [0.4, 0.5) is 5.95 Å². The summed E-state index contributed by atoms with van der Waals surface area (Å²) < 4.78 is 5.81. The molecule has 0 saturated heterocycles. The van der Waals surface area contributed by atoms with Gasteiger partial charge in [0.2, 0.25) is 11.8 Å². The van der Waals surface area contributed by atoms with Crippen LogP contribution in [0.1, 0.15) is 22.3 Å². The Labute approximate surface area is 111 Å².